The molecule has 0 atom stereocenters. The molecular formula is C15H15N3O4. The molecule has 0 saturated heterocycles. The molecule has 0 fully saturated rings. The SMILES string of the molecule is NC(=O)NCc1ccc(C(=O)OCC(=O)c2ccc[nH]2)cc1. The standard InChI is InChI=1S/C15H15N3O4/c16-15(21)18-8-10-3-5-11(6-4-10)14(20)22-9-13(19)12-2-1-7-17-12/h1-7,17H,8-9H2,(H3,16,18,21). The zero-order chi connectivity index (χ0) is 15.9. The average Bonchev–Trinajstić information content (AvgIpc) is 3.05. The number of hydrogen-bond acceptors (Lipinski definition) is 4. The Balaban J connectivity index is 1.87. The maximum Gasteiger partial charge on any atom is 0.338 e. The Morgan fingerprint density at radius 1 is 1.14 bits per heavy atom. The lowest BCUT2D eigenvalue weighted by molar-refractivity contribution is 0.0473. The number of nitrogens with one attached hydrogen (secondary N) is 2. The van der Waals surface area contributed by atoms with Crippen molar-refractivity contribution in [2.45, 2.75) is 6.54 Å². The number of ketones is 1. The highest BCUT2D eigenvalue weighted by Gasteiger charge is 2.12. The Bertz CT molecular complexity index is 663. The average molecular weight is 301 g/mol. The summed E-state index contributed by atoms with van der Waals surface area (Å²) < 4.78 is 4.95. The van der Waals surface area contributed by atoms with E-state index >= 15 is 0 Å². The number of esters is 1. The van der Waals surface area contributed by atoms with Gasteiger partial charge in [-0.05, 0) is 29.8 Å². The molecule has 1 heterocycles. The first-order chi connectivity index (χ1) is 10.6. The molecule has 0 unspecified atom stereocenters. The Morgan fingerprint density at radius 2 is 1.86 bits per heavy atom. The summed E-state index contributed by atoms with van der Waals surface area (Å²) in [5.41, 5.74) is 6.47. The summed E-state index contributed by atoms with van der Waals surface area (Å²) in [7, 11) is 0. The van der Waals surface area contributed by atoms with E-state index in [0.29, 0.717) is 11.3 Å². The fraction of sp³-hybridized carbons (Fsp3) is 0.133. The summed E-state index contributed by atoms with van der Waals surface area (Å²) in [5.74, 6) is -0.894. The van der Waals surface area contributed by atoms with Crippen LogP contribution < -0.4 is 11.1 Å². The van der Waals surface area contributed by atoms with Crippen LogP contribution in [0.3, 0.4) is 0 Å². The van der Waals surface area contributed by atoms with Gasteiger partial charge in [-0.25, -0.2) is 9.59 Å². The minimum Gasteiger partial charge on any atom is -0.454 e. The second kappa shape index (κ2) is 7.07. The highest BCUT2D eigenvalue weighted by Crippen LogP contribution is 2.07. The Labute approximate surface area is 126 Å². The molecule has 114 valence electrons. The number of rotatable bonds is 6. The second-order valence-electron chi connectivity index (χ2n) is 4.50. The van der Waals surface area contributed by atoms with Gasteiger partial charge in [0.15, 0.2) is 6.61 Å². The number of carbonyl (C=O) groups is 3. The third-order valence-electron chi connectivity index (χ3n) is 2.89. The molecule has 22 heavy (non-hydrogen) atoms. The maximum atomic E-state index is 11.8. The van der Waals surface area contributed by atoms with E-state index in [1.807, 2.05) is 0 Å². The lowest BCUT2D eigenvalue weighted by atomic mass is 10.1. The van der Waals surface area contributed by atoms with Crippen molar-refractivity contribution in [3.05, 3.63) is 59.4 Å². The molecule has 7 nitrogen and oxygen atoms in total. The van der Waals surface area contributed by atoms with E-state index in [4.69, 9.17) is 10.5 Å². The summed E-state index contributed by atoms with van der Waals surface area (Å²) in [6.07, 6.45) is 1.62. The molecule has 1 aromatic carbocycles. The van der Waals surface area contributed by atoms with Crippen LogP contribution in [0.1, 0.15) is 26.4 Å². The van der Waals surface area contributed by atoms with Gasteiger partial charge in [-0.3, -0.25) is 4.79 Å². The molecule has 4 N–H and O–H groups in total. The Hall–Kier alpha value is -3.09. The number of benzene rings is 1. The molecule has 0 aliphatic heterocycles. The molecular weight excluding hydrogens is 286 g/mol. The molecule has 0 radical (unpaired) electrons. The van der Waals surface area contributed by atoms with Crippen molar-refractivity contribution in [2.24, 2.45) is 5.73 Å². The molecule has 0 saturated carbocycles. The van der Waals surface area contributed by atoms with Crippen LogP contribution in [-0.2, 0) is 11.3 Å². The van der Waals surface area contributed by atoms with Gasteiger partial charge in [0.1, 0.15) is 0 Å². The predicted octanol–water partition coefficient (Wildman–Crippen LogP) is 1.22. The molecule has 2 rings (SSSR count). The van der Waals surface area contributed by atoms with Crippen molar-refractivity contribution in [1.82, 2.24) is 10.3 Å². The Morgan fingerprint density at radius 3 is 2.45 bits per heavy atom. The molecule has 0 bridgehead atoms. The van der Waals surface area contributed by atoms with Crippen molar-refractivity contribution in [3.63, 3.8) is 0 Å². The van der Waals surface area contributed by atoms with Crippen LogP contribution in [0.2, 0.25) is 0 Å². The van der Waals surface area contributed by atoms with Crippen molar-refractivity contribution in [2.75, 3.05) is 6.61 Å². The zero-order valence-corrected chi connectivity index (χ0v) is 11.7. The molecule has 0 aliphatic rings. The number of carbonyl (C=O) groups excluding carboxylic acids is 3. The molecule has 1 aromatic heterocycles. The third-order valence-corrected chi connectivity index (χ3v) is 2.89. The van der Waals surface area contributed by atoms with Gasteiger partial charge in [0.25, 0.3) is 0 Å². The second-order valence-corrected chi connectivity index (χ2v) is 4.50. The number of hydrogen-bond donors (Lipinski definition) is 3. The molecule has 0 aliphatic carbocycles. The van der Waals surface area contributed by atoms with Crippen LogP contribution in [0.4, 0.5) is 4.79 Å². The Kier molecular flexibility index (Phi) is 4.92. The summed E-state index contributed by atoms with van der Waals surface area (Å²) >= 11 is 0. The lowest BCUT2D eigenvalue weighted by Crippen LogP contribution is -2.28. The van der Waals surface area contributed by atoms with E-state index in [1.54, 1.807) is 42.6 Å². The van der Waals surface area contributed by atoms with Crippen molar-refractivity contribution < 1.29 is 19.1 Å². The van der Waals surface area contributed by atoms with Crippen LogP contribution in [-0.4, -0.2) is 29.4 Å². The molecule has 2 aromatic rings. The lowest BCUT2D eigenvalue weighted by Gasteiger charge is -2.05. The molecule has 0 spiro atoms. The fourth-order valence-corrected chi connectivity index (χ4v) is 1.74. The van der Waals surface area contributed by atoms with Gasteiger partial charge in [-0.1, -0.05) is 12.1 Å². The number of nitrogens with two attached hydrogens (primary N) is 1. The number of aromatic nitrogens is 1. The van der Waals surface area contributed by atoms with Crippen molar-refractivity contribution >= 4 is 17.8 Å². The minimum absolute atomic E-state index is 0.274. The maximum absolute atomic E-state index is 11.8. The van der Waals surface area contributed by atoms with E-state index in [9.17, 15) is 14.4 Å². The number of primary amides is 1. The topological polar surface area (TPSA) is 114 Å². The van der Waals surface area contributed by atoms with Gasteiger partial charge in [0.2, 0.25) is 5.78 Å². The number of ether oxygens (including phenoxy) is 1. The minimum atomic E-state index is -0.619. The van der Waals surface area contributed by atoms with Gasteiger partial charge >= 0.3 is 12.0 Å². The van der Waals surface area contributed by atoms with Gasteiger partial charge in [0, 0.05) is 12.7 Å². The number of urea groups is 1. The summed E-state index contributed by atoms with van der Waals surface area (Å²) in [5, 5.41) is 2.44. The number of amides is 2. The normalized spacial score (nSPS) is 10.0. The van der Waals surface area contributed by atoms with E-state index in [0.717, 1.165) is 5.56 Å². The van der Waals surface area contributed by atoms with E-state index in [2.05, 4.69) is 10.3 Å². The predicted molar refractivity (Wildman–Crippen MR) is 78.3 cm³/mol. The highest BCUT2D eigenvalue weighted by molar-refractivity contribution is 5.98. The molecule has 2 amide bonds. The smallest absolute Gasteiger partial charge is 0.338 e. The van der Waals surface area contributed by atoms with Gasteiger partial charge < -0.3 is 20.8 Å². The van der Waals surface area contributed by atoms with E-state index in [-0.39, 0.29) is 18.9 Å². The van der Waals surface area contributed by atoms with Crippen molar-refractivity contribution in [3.8, 4) is 0 Å². The quantitative estimate of drug-likeness (QED) is 0.549. The van der Waals surface area contributed by atoms with Gasteiger partial charge in [-0.15, -0.1) is 0 Å². The van der Waals surface area contributed by atoms with Crippen LogP contribution in [0.25, 0.3) is 0 Å². The fourth-order valence-electron chi connectivity index (χ4n) is 1.74. The van der Waals surface area contributed by atoms with Gasteiger partial charge in [0.05, 0.1) is 11.3 Å². The van der Waals surface area contributed by atoms with Crippen LogP contribution >= 0.6 is 0 Å². The zero-order valence-electron chi connectivity index (χ0n) is 11.7. The number of H-pyrrole nitrogens is 1. The largest absolute Gasteiger partial charge is 0.454 e. The van der Waals surface area contributed by atoms with Gasteiger partial charge in [-0.2, -0.15) is 0 Å². The summed E-state index contributed by atoms with van der Waals surface area (Å²) in [6, 6.07) is 9.12. The summed E-state index contributed by atoms with van der Waals surface area (Å²) in [4.78, 5) is 36.8. The summed E-state index contributed by atoms with van der Waals surface area (Å²) in [6.45, 7) is -0.0553. The van der Waals surface area contributed by atoms with E-state index in [1.165, 1.54) is 0 Å². The van der Waals surface area contributed by atoms with Crippen molar-refractivity contribution in [1.29, 1.82) is 0 Å². The molecule has 7 heteroatoms. The highest BCUT2D eigenvalue weighted by atomic mass is 16.5. The first-order valence-corrected chi connectivity index (χ1v) is 6.52. The van der Waals surface area contributed by atoms with Crippen LogP contribution in [0, 0.1) is 0 Å². The van der Waals surface area contributed by atoms with Crippen LogP contribution in [0.15, 0.2) is 42.6 Å². The third kappa shape index (κ3) is 4.20. The van der Waals surface area contributed by atoms with Crippen LogP contribution in [0.5, 0.6) is 0 Å². The first-order valence-electron chi connectivity index (χ1n) is 6.52. The first kappa shape index (κ1) is 15.3. The number of Topliss-reactive ketones (excluding diaryl/α,β-unsaturated/α-hetero) is 1. The monoisotopic (exact) mass is 301 g/mol. The van der Waals surface area contributed by atoms with E-state index < -0.39 is 12.0 Å². The number of aromatic amines is 1.